The largest absolute Gasteiger partial charge is 0.356 e. The highest BCUT2D eigenvalue weighted by atomic mass is 16.1. The maximum absolute atomic E-state index is 11.6. The van der Waals surface area contributed by atoms with Gasteiger partial charge in [-0.2, -0.15) is 5.26 Å². The Morgan fingerprint density at radius 1 is 1.33 bits per heavy atom. The van der Waals surface area contributed by atoms with Gasteiger partial charge in [0.15, 0.2) is 0 Å². The molecule has 0 aliphatic carbocycles. The van der Waals surface area contributed by atoms with Gasteiger partial charge in [0.25, 0.3) is 0 Å². The van der Waals surface area contributed by atoms with Gasteiger partial charge in [0.05, 0.1) is 6.07 Å². The zero-order valence-corrected chi connectivity index (χ0v) is 11.7. The number of nitrogens with zero attached hydrogens (tertiary/aromatic N) is 1. The number of hydrogen-bond donors (Lipinski definition) is 2. The van der Waals surface area contributed by atoms with Gasteiger partial charge in [-0.3, -0.25) is 4.79 Å². The Bertz CT molecular complexity index is 258. The molecule has 1 unspecified atom stereocenters. The van der Waals surface area contributed by atoms with E-state index in [0.717, 1.165) is 25.7 Å². The van der Waals surface area contributed by atoms with Crippen LogP contribution in [0.3, 0.4) is 0 Å². The number of amides is 1. The van der Waals surface area contributed by atoms with Crippen LogP contribution in [-0.2, 0) is 4.79 Å². The van der Waals surface area contributed by atoms with Crippen molar-refractivity contribution in [2.75, 3.05) is 13.1 Å². The van der Waals surface area contributed by atoms with Crippen molar-refractivity contribution in [1.29, 1.82) is 5.26 Å². The molecular weight excluding hydrogens is 226 g/mol. The number of unbranched alkanes of at least 4 members (excludes halogenated alkanes) is 2. The highest BCUT2D eigenvalue weighted by Gasteiger charge is 2.14. The van der Waals surface area contributed by atoms with Gasteiger partial charge in [-0.1, -0.05) is 13.8 Å². The summed E-state index contributed by atoms with van der Waals surface area (Å²) < 4.78 is 0. The van der Waals surface area contributed by atoms with Gasteiger partial charge in [0.2, 0.25) is 5.91 Å². The van der Waals surface area contributed by atoms with Crippen molar-refractivity contribution in [3.05, 3.63) is 0 Å². The Morgan fingerprint density at radius 2 is 2.06 bits per heavy atom. The van der Waals surface area contributed by atoms with Crippen LogP contribution < -0.4 is 11.1 Å². The lowest BCUT2D eigenvalue weighted by molar-refractivity contribution is -0.121. The molecule has 0 bridgehead atoms. The second-order valence-corrected chi connectivity index (χ2v) is 5.09. The first kappa shape index (κ1) is 16.9. The van der Waals surface area contributed by atoms with Crippen LogP contribution in [0.15, 0.2) is 0 Å². The van der Waals surface area contributed by atoms with Crippen LogP contribution in [0.1, 0.15) is 52.4 Å². The molecule has 1 amide bonds. The monoisotopic (exact) mass is 253 g/mol. The van der Waals surface area contributed by atoms with Gasteiger partial charge in [0, 0.05) is 19.4 Å². The maximum Gasteiger partial charge on any atom is 0.220 e. The van der Waals surface area contributed by atoms with Crippen molar-refractivity contribution in [2.24, 2.45) is 17.6 Å². The molecule has 4 heteroatoms. The molecule has 4 nitrogen and oxygen atoms in total. The summed E-state index contributed by atoms with van der Waals surface area (Å²) in [7, 11) is 0. The standard InChI is InChI=1S/C14H27N3O/c1-12(2)13(8-10-16)6-7-14(18)17-11-5-3-4-9-15/h12-13H,3-8,10-11,16H2,1-2H3,(H,17,18). The first-order chi connectivity index (χ1) is 8.61. The van der Waals surface area contributed by atoms with Crippen molar-refractivity contribution in [3.8, 4) is 6.07 Å². The summed E-state index contributed by atoms with van der Waals surface area (Å²) >= 11 is 0. The normalized spacial score (nSPS) is 12.2. The minimum Gasteiger partial charge on any atom is -0.356 e. The molecule has 0 aliphatic rings. The zero-order chi connectivity index (χ0) is 13.8. The Hall–Kier alpha value is -1.08. The summed E-state index contributed by atoms with van der Waals surface area (Å²) in [6.07, 6.45) is 4.81. The van der Waals surface area contributed by atoms with Crippen molar-refractivity contribution in [2.45, 2.75) is 52.4 Å². The number of hydrogen-bond acceptors (Lipinski definition) is 3. The Balaban J connectivity index is 3.65. The van der Waals surface area contributed by atoms with Crippen LogP contribution in [0.4, 0.5) is 0 Å². The van der Waals surface area contributed by atoms with E-state index in [2.05, 4.69) is 25.2 Å². The molecule has 0 spiro atoms. The fourth-order valence-corrected chi connectivity index (χ4v) is 1.99. The van der Waals surface area contributed by atoms with Gasteiger partial charge in [-0.25, -0.2) is 0 Å². The number of carbonyl (C=O) groups is 1. The Morgan fingerprint density at radius 3 is 2.61 bits per heavy atom. The Kier molecular flexibility index (Phi) is 10.4. The average molecular weight is 253 g/mol. The lowest BCUT2D eigenvalue weighted by Gasteiger charge is -2.19. The lowest BCUT2D eigenvalue weighted by Crippen LogP contribution is -2.25. The topological polar surface area (TPSA) is 78.9 Å². The number of rotatable bonds is 10. The molecule has 0 saturated heterocycles. The van der Waals surface area contributed by atoms with E-state index in [9.17, 15) is 4.79 Å². The summed E-state index contributed by atoms with van der Waals surface area (Å²) in [6, 6.07) is 2.10. The number of nitrogens with two attached hydrogens (primary N) is 1. The van der Waals surface area contributed by atoms with Gasteiger partial charge in [-0.15, -0.1) is 0 Å². The molecule has 0 rings (SSSR count). The summed E-state index contributed by atoms with van der Waals surface area (Å²) in [5, 5.41) is 11.3. The van der Waals surface area contributed by atoms with E-state index in [1.54, 1.807) is 0 Å². The molecule has 104 valence electrons. The van der Waals surface area contributed by atoms with E-state index in [4.69, 9.17) is 11.0 Å². The third kappa shape index (κ3) is 9.00. The van der Waals surface area contributed by atoms with Crippen LogP contribution in [0.2, 0.25) is 0 Å². The summed E-state index contributed by atoms with van der Waals surface area (Å²) in [5.41, 5.74) is 5.57. The quantitative estimate of drug-likeness (QED) is 0.586. The molecule has 0 saturated carbocycles. The van der Waals surface area contributed by atoms with E-state index in [0.29, 0.717) is 37.8 Å². The molecule has 0 fully saturated rings. The molecule has 0 aromatic heterocycles. The van der Waals surface area contributed by atoms with Crippen LogP contribution >= 0.6 is 0 Å². The van der Waals surface area contributed by atoms with Gasteiger partial charge < -0.3 is 11.1 Å². The SMILES string of the molecule is CC(C)C(CCN)CCC(=O)NCCCCC#N. The van der Waals surface area contributed by atoms with Crippen molar-refractivity contribution >= 4 is 5.91 Å². The first-order valence-corrected chi connectivity index (χ1v) is 6.95. The van der Waals surface area contributed by atoms with Crippen molar-refractivity contribution in [1.82, 2.24) is 5.32 Å². The zero-order valence-electron chi connectivity index (χ0n) is 11.7. The summed E-state index contributed by atoms with van der Waals surface area (Å²) in [5.74, 6) is 1.24. The van der Waals surface area contributed by atoms with Crippen molar-refractivity contribution < 1.29 is 4.79 Å². The van der Waals surface area contributed by atoms with E-state index < -0.39 is 0 Å². The number of nitriles is 1. The highest BCUT2D eigenvalue weighted by Crippen LogP contribution is 2.20. The fraction of sp³-hybridized carbons (Fsp3) is 0.857. The number of carbonyl (C=O) groups excluding carboxylic acids is 1. The molecule has 0 radical (unpaired) electrons. The maximum atomic E-state index is 11.6. The highest BCUT2D eigenvalue weighted by molar-refractivity contribution is 5.75. The second-order valence-electron chi connectivity index (χ2n) is 5.09. The van der Waals surface area contributed by atoms with Gasteiger partial charge >= 0.3 is 0 Å². The third-order valence-electron chi connectivity index (χ3n) is 3.26. The second kappa shape index (κ2) is 11.0. The lowest BCUT2D eigenvalue weighted by atomic mass is 9.88. The van der Waals surface area contributed by atoms with E-state index in [1.807, 2.05) is 0 Å². The predicted octanol–water partition coefficient (Wildman–Crippen LogP) is 2.20. The smallest absolute Gasteiger partial charge is 0.220 e. The molecule has 0 aromatic rings. The molecule has 0 aliphatic heterocycles. The van der Waals surface area contributed by atoms with Crippen LogP contribution in [-0.4, -0.2) is 19.0 Å². The van der Waals surface area contributed by atoms with E-state index in [1.165, 1.54) is 0 Å². The summed E-state index contributed by atoms with van der Waals surface area (Å²) in [6.45, 7) is 5.74. The third-order valence-corrected chi connectivity index (χ3v) is 3.26. The number of nitrogens with one attached hydrogen (secondary N) is 1. The molecule has 18 heavy (non-hydrogen) atoms. The Labute approximate surface area is 111 Å². The minimum absolute atomic E-state index is 0.120. The molecule has 3 N–H and O–H groups in total. The minimum atomic E-state index is 0.120. The summed E-state index contributed by atoms with van der Waals surface area (Å²) in [4.78, 5) is 11.6. The van der Waals surface area contributed by atoms with Crippen LogP contribution in [0.25, 0.3) is 0 Å². The van der Waals surface area contributed by atoms with Crippen molar-refractivity contribution in [3.63, 3.8) is 0 Å². The molecular formula is C14H27N3O. The predicted molar refractivity (Wildman–Crippen MR) is 73.7 cm³/mol. The fourth-order valence-electron chi connectivity index (χ4n) is 1.99. The van der Waals surface area contributed by atoms with E-state index >= 15 is 0 Å². The van der Waals surface area contributed by atoms with Crippen LogP contribution in [0, 0.1) is 23.2 Å². The molecule has 1 atom stereocenters. The first-order valence-electron chi connectivity index (χ1n) is 6.95. The average Bonchev–Trinajstić information content (AvgIpc) is 2.33. The van der Waals surface area contributed by atoms with E-state index in [-0.39, 0.29) is 5.91 Å². The van der Waals surface area contributed by atoms with Gasteiger partial charge in [0.1, 0.15) is 0 Å². The molecule has 0 aromatic carbocycles. The van der Waals surface area contributed by atoms with Gasteiger partial charge in [-0.05, 0) is 44.1 Å². The van der Waals surface area contributed by atoms with Crippen LogP contribution in [0.5, 0.6) is 0 Å². The molecule has 0 heterocycles.